The van der Waals surface area contributed by atoms with Crippen molar-refractivity contribution >= 4 is 10.9 Å². The Morgan fingerprint density at radius 3 is 2.53 bits per heavy atom. The van der Waals surface area contributed by atoms with Crippen molar-refractivity contribution in [1.29, 1.82) is 5.26 Å². The number of benzene rings is 2. The molecule has 0 bridgehead atoms. The molecule has 0 unspecified atom stereocenters. The fourth-order valence-electron chi connectivity index (χ4n) is 2.15. The number of hydrogen-bond donors (Lipinski definition) is 1. The average Bonchev–Trinajstić information content (AvgIpc) is 2.80. The lowest BCUT2D eigenvalue weighted by molar-refractivity contribution is 0.475. The highest BCUT2D eigenvalue weighted by molar-refractivity contribution is 5.88. The molecule has 0 fully saturated rings. The van der Waals surface area contributed by atoms with Crippen molar-refractivity contribution in [3.05, 3.63) is 60.0 Å². The van der Waals surface area contributed by atoms with Crippen molar-refractivity contribution < 1.29 is 9.50 Å². The molecule has 0 amide bonds. The zero-order valence-electron chi connectivity index (χ0n) is 9.84. The third-order valence-electron chi connectivity index (χ3n) is 3.02. The molecular weight excluding hydrogens is 243 g/mol. The van der Waals surface area contributed by atoms with Gasteiger partial charge in [0.05, 0.1) is 11.1 Å². The van der Waals surface area contributed by atoms with Crippen LogP contribution < -0.4 is 0 Å². The van der Waals surface area contributed by atoms with Crippen molar-refractivity contribution in [3.8, 4) is 17.5 Å². The molecule has 0 aliphatic rings. The summed E-state index contributed by atoms with van der Waals surface area (Å²) in [6, 6.07) is 13.1. The van der Waals surface area contributed by atoms with Gasteiger partial charge in [-0.1, -0.05) is 12.1 Å². The normalized spacial score (nSPS) is 10.5. The van der Waals surface area contributed by atoms with Crippen molar-refractivity contribution in [2.45, 2.75) is 0 Å². The van der Waals surface area contributed by atoms with E-state index in [1.807, 2.05) is 0 Å². The van der Waals surface area contributed by atoms with Gasteiger partial charge in [-0.25, -0.2) is 4.39 Å². The highest BCUT2D eigenvalue weighted by Crippen LogP contribution is 2.27. The number of aromatic nitrogens is 1. The molecule has 92 valence electrons. The minimum atomic E-state index is -0.382. The minimum absolute atomic E-state index is 0.140. The van der Waals surface area contributed by atoms with E-state index in [-0.39, 0.29) is 11.6 Å². The van der Waals surface area contributed by atoms with Crippen molar-refractivity contribution in [2.75, 3.05) is 0 Å². The van der Waals surface area contributed by atoms with Crippen LogP contribution in [0, 0.1) is 17.1 Å². The van der Waals surface area contributed by atoms with E-state index in [0.717, 1.165) is 0 Å². The summed E-state index contributed by atoms with van der Waals surface area (Å²) in [5.41, 5.74) is 1.47. The van der Waals surface area contributed by atoms with E-state index in [9.17, 15) is 9.50 Å². The highest BCUT2D eigenvalue weighted by Gasteiger charge is 2.13. The first-order valence-corrected chi connectivity index (χ1v) is 5.70. The summed E-state index contributed by atoms with van der Waals surface area (Å²) in [7, 11) is 0. The third kappa shape index (κ3) is 1.72. The molecule has 0 saturated heterocycles. The number of hydrogen-bond acceptors (Lipinski definition) is 2. The Bertz CT molecular complexity index is 797. The van der Waals surface area contributed by atoms with Crippen molar-refractivity contribution in [2.24, 2.45) is 0 Å². The van der Waals surface area contributed by atoms with E-state index >= 15 is 0 Å². The van der Waals surface area contributed by atoms with Crippen LogP contribution in [0.5, 0.6) is 5.75 Å². The Labute approximate surface area is 108 Å². The maximum absolute atomic E-state index is 14.0. The number of phenolic OH excluding ortho intramolecular Hbond substituents is 1. The summed E-state index contributed by atoms with van der Waals surface area (Å²) in [5.74, 6) is -0.242. The SMILES string of the molecule is N#Cc1cn(-c2ccc(O)cc2)c2c(F)cccc12. The Hall–Kier alpha value is -2.80. The second-order valence-electron chi connectivity index (χ2n) is 4.18. The molecule has 0 aliphatic carbocycles. The first kappa shape index (κ1) is 11.3. The van der Waals surface area contributed by atoms with E-state index in [0.29, 0.717) is 22.2 Å². The van der Waals surface area contributed by atoms with Crippen LogP contribution in [0.4, 0.5) is 4.39 Å². The van der Waals surface area contributed by atoms with Crippen LogP contribution in [0.15, 0.2) is 48.7 Å². The predicted molar refractivity (Wildman–Crippen MR) is 69.6 cm³/mol. The Kier molecular flexibility index (Phi) is 2.46. The van der Waals surface area contributed by atoms with E-state index in [2.05, 4.69) is 6.07 Å². The quantitative estimate of drug-likeness (QED) is 0.722. The average molecular weight is 252 g/mol. The molecule has 2 aromatic carbocycles. The first-order chi connectivity index (χ1) is 9.20. The van der Waals surface area contributed by atoms with Crippen LogP contribution >= 0.6 is 0 Å². The number of rotatable bonds is 1. The molecule has 0 spiro atoms. The molecule has 3 aromatic rings. The molecule has 0 aliphatic heterocycles. The van der Waals surface area contributed by atoms with E-state index in [1.165, 1.54) is 18.2 Å². The monoisotopic (exact) mass is 252 g/mol. The minimum Gasteiger partial charge on any atom is -0.508 e. The molecule has 1 heterocycles. The molecule has 19 heavy (non-hydrogen) atoms. The predicted octanol–water partition coefficient (Wildman–Crippen LogP) is 3.35. The standard InChI is InChI=1S/C15H9FN2O/c16-14-3-1-2-13-10(8-17)9-18(15(13)14)11-4-6-12(19)7-5-11/h1-7,9,19H. The zero-order chi connectivity index (χ0) is 13.4. The summed E-state index contributed by atoms with van der Waals surface area (Å²) in [4.78, 5) is 0. The van der Waals surface area contributed by atoms with Gasteiger partial charge in [0, 0.05) is 17.3 Å². The van der Waals surface area contributed by atoms with Gasteiger partial charge in [0.25, 0.3) is 0 Å². The third-order valence-corrected chi connectivity index (χ3v) is 3.02. The summed E-state index contributed by atoms with van der Waals surface area (Å²) in [6.07, 6.45) is 1.60. The van der Waals surface area contributed by atoms with Gasteiger partial charge in [-0.15, -0.1) is 0 Å². The van der Waals surface area contributed by atoms with Crippen LogP contribution in [0.2, 0.25) is 0 Å². The number of para-hydroxylation sites is 1. The van der Waals surface area contributed by atoms with Crippen LogP contribution in [0.1, 0.15) is 5.56 Å². The number of aromatic hydroxyl groups is 1. The molecule has 0 saturated carbocycles. The van der Waals surface area contributed by atoms with Crippen LogP contribution in [0.25, 0.3) is 16.6 Å². The molecular formula is C15H9FN2O. The fraction of sp³-hybridized carbons (Fsp3) is 0. The van der Waals surface area contributed by atoms with E-state index in [1.54, 1.807) is 35.0 Å². The molecule has 4 heteroatoms. The van der Waals surface area contributed by atoms with Gasteiger partial charge in [-0.3, -0.25) is 0 Å². The molecule has 1 N–H and O–H groups in total. The summed E-state index contributed by atoms with van der Waals surface area (Å²) < 4.78 is 15.6. The summed E-state index contributed by atoms with van der Waals surface area (Å²) in [6.45, 7) is 0. The zero-order valence-corrected chi connectivity index (χ0v) is 9.84. The van der Waals surface area contributed by atoms with Gasteiger partial charge >= 0.3 is 0 Å². The van der Waals surface area contributed by atoms with Crippen LogP contribution in [-0.2, 0) is 0 Å². The number of phenols is 1. The number of nitrogens with zero attached hydrogens (tertiary/aromatic N) is 2. The molecule has 0 atom stereocenters. The second-order valence-corrected chi connectivity index (χ2v) is 4.18. The highest BCUT2D eigenvalue weighted by atomic mass is 19.1. The van der Waals surface area contributed by atoms with Gasteiger partial charge in [0.15, 0.2) is 0 Å². The number of nitriles is 1. The Morgan fingerprint density at radius 1 is 1.11 bits per heavy atom. The molecule has 1 aromatic heterocycles. The molecule has 3 rings (SSSR count). The van der Waals surface area contributed by atoms with E-state index < -0.39 is 0 Å². The molecule has 3 nitrogen and oxygen atoms in total. The van der Waals surface area contributed by atoms with Gasteiger partial charge in [-0.05, 0) is 30.3 Å². The first-order valence-electron chi connectivity index (χ1n) is 5.70. The summed E-state index contributed by atoms with van der Waals surface area (Å²) >= 11 is 0. The summed E-state index contributed by atoms with van der Waals surface area (Å²) in [5, 5.41) is 19.0. The number of halogens is 1. The number of fused-ring (bicyclic) bond motifs is 1. The van der Waals surface area contributed by atoms with E-state index in [4.69, 9.17) is 5.26 Å². The topological polar surface area (TPSA) is 49.0 Å². The lowest BCUT2D eigenvalue weighted by Crippen LogP contribution is -1.93. The smallest absolute Gasteiger partial charge is 0.147 e. The lowest BCUT2D eigenvalue weighted by Gasteiger charge is -2.05. The van der Waals surface area contributed by atoms with Gasteiger partial charge in [0.1, 0.15) is 17.6 Å². The fourth-order valence-corrected chi connectivity index (χ4v) is 2.15. The van der Waals surface area contributed by atoms with Gasteiger partial charge in [-0.2, -0.15) is 5.26 Å². The largest absolute Gasteiger partial charge is 0.508 e. The Morgan fingerprint density at radius 2 is 1.84 bits per heavy atom. The van der Waals surface area contributed by atoms with Crippen molar-refractivity contribution in [3.63, 3.8) is 0 Å². The lowest BCUT2D eigenvalue weighted by atomic mass is 10.2. The van der Waals surface area contributed by atoms with Gasteiger partial charge in [0.2, 0.25) is 0 Å². The van der Waals surface area contributed by atoms with Crippen LogP contribution in [-0.4, -0.2) is 9.67 Å². The van der Waals surface area contributed by atoms with Gasteiger partial charge < -0.3 is 9.67 Å². The Balaban J connectivity index is 2.36. The maximum Gasteiger partial charge on any atom is 0.147 e. The maximum atomic E-state index is 14.0. The van der Waals surface area contributed by atoms with Crippen LogP contribution in [0.3, 0.4) is 0 Å². The van der Waals surface area contributed by atoms with Crippen molar-refractivity contribution in [1.82, 2.24) is 4.57 Å². The molecule has 0 radical (unpaired) electrons. The second kappa shape index (κ2) is 4.14.